The second-order valence-corrected chi connectivity index (χ2v) is 3.58. The normalized spacial score (nSPS) is 20.4. The minimum Gasteiger partial charge on any atom is -0.480 e. The molecule has 0 amide bonds. The van der Waals surface area contributed by atoms with Gasteiger partial charge in [-0.25, -0.2) is 4.79 Å². The van der Waals surface area contributed by atoms with Crippen LogP contribution < -0.4 is 5.32 Å². The van der Waals surface area contributed by atoms with E-state index >= 15 is 0 Å². The fourth-order valence-corrected chi connectivity index (χ4v) is 1.82. The lowest BCUT2D eigenvalue weighted by Gasteiger charge is -2.12. The summed E-state index contributed by atoms with van der Waals surface area (Å²) < 4.78 is 0. The van der Waals surface area contributed by atoms with Gasteiger partial charge in [0.15, 0.2) is 0 Å². The monoisotopic (exact) mass is 191 g/mol. The summed E-state index contributed by atoms with van der Waals surface area (Å²) >= 11 is 0. The van der Waals surface area contributed by atoms with E-state index in [4.69, 9.17) is 5.11 Å². The molecule has 0 unspecified atom stereocenters. The molecule has 3 nitrogen and oxygen atoms in total. The molecule has 0 aliphatic carbocycles. The van der Waals surface area contributed by atoms with Crippen LogP contribution in [0.1, 0.15) is 18.4 Å². The summed E-state index contributed by atoms with van der Waals surface area (Å²) in [4.78, 5) is 10.9. The molecule has 14 heavy (non-hydrogen) atoms. The molecule has 0 saturated carbocycles. The number of hydrogen-bond donors (Lipinski definition) is 2. The largest absolute Gasteiger partial charge is 0.480 e. The third kappa shape index (κ3) is 1.71. The molecule has 0 aromatic heterocycles. The standard InChI is InChI=1S/C11H13NO2/c13-11(14)10-7-3-5-8-4-1-2-6-9(8)12-10/h1-2,4,6,10,12H,3,5,7H2,(H,13,14)/t10-/m1/s1. The molecule has 0 bridgehead atoms. The minimum atomic E-state index is -0.762. The Bertz CT molecular complexity index is 349. The van der Waals surface area contributed by atoms with Crippen LogP contribution in [0, 0.1) is 0 Å². The number of anilines is 1. The first kappa shape index (κ1) is 9.06. The number of aryl methyl sites for hydroxylation is 1. The third-order valence-corrected chi connectivity index (χ3v) is 2.58. The SMILES string of the molecule is O=C(O)[C@H]1CCCc2ccccc2N1. The smallest absolute Gasteiger partial charge is 0.326 e. The molecule has 1 atom stereocenters. The van der Waals surface area contributed by atoms with Gasteiger partial charge in [-0.05, 0) is 30.9 Å². The predicted molar refractivity (Wildman–Crippen MR) is 54.4 cm³/mol. The number of carboxylic acid groups (broad SMARTS) is 1. The Morgan fingerprint density at radius 3 is 3.00 bits per heavy atom. The molecule has 1 aromatic carbocycles. The first-order chi connectivity index (χ1) is 6.77. The van der Waals surface area contributed by atoms with Crippen LogP contribution in [0.15, 0.2) is 24.3 Å². The maximum absolute atomic E-state index is 10.9. The molecule has 74 valence electrons. The lowest BCUT2D eigenvalue weighted by molar-refractivity contribution is -0.138. The van der Waals surface area contributed by atoms with E-state index in [-0.39, 0.29) is 0 Å². The molecule has 1 aromatic rings. The number of rotatable bonds is 1. The number of hydrogen-bond acceptors (Lipinski definition) is 2. The van der Waals surface area contributed by atoms with Crippen LogP contribution in [0.2, 0.25) is 0 Å². The van der Waals surface area contributed by atoms with Gasteiger partial charge in [0, 0.05) is 5.69 Å². The van der Waals surface area contributed by atoms with Crippen molar-refractivity contribution in [3.63, 3.8) is 0 Å². The summed E-state index contributed by atoms with van der Waals surface area (Å²) in [6.45, 7) is 0. The zero-order chi connectivity index (χ0) is 9.97. The molecule has 1 heterocycles. The number of fused-ring (bicyclic) bond motifs is 1. The number of carbonyl (C=O) groups is 1. The van der Waals surface area contributed by atoms with Crippen molar-refractivity contribution in [3.8, 4) is 0 Å². The van der Waals surface area contributed by atoms with Crippen molar-refractivity contribution in [2.24, 2.45) is 0 Å². The summed E-state index contributed by atoms with van der Waals surface area (Å²) in [5.41, 5.74) is 2.19. The summed E-state index contributed by atoms with van der Waals surface area (Å²) in [7, 11) is 0. The highest BCUT2D eigenvalue weighted by Gasteiger charge is 2.20. The van der Waals surface area contributed by atoms with Crippen molar-refractivity contribution < 1.29 is 9.90 Å². The Morgan fingerprint density at radius 2 is 2.21 bits per heavy atom. The van der Waals surface area contributed by atoms with Crippen LogP contribution in [-0.2, 0) is 11.2 Å². The quantitative estimate of drug-likeness (QED) is 0.712. The maximum Gasteiger partial charge on any atom is 0.326 e. The average molecular weight is 191 g/mol. The number of carboxylic acids is 1. The number of para-hydroxylation sites is 1. The molecular weight excluding hydrogens is 178 g/mol. The van der Waals surface area contributed by atoms with E-state index in [1.165, 1.54) is 5.56 Å². The molecule has 2 rings (SSSR count). The Hall–Kier alpha value is -1.51. The first-order valence-corrected chi connectivity index (χ1v) is 4.84. The predicted octanol–water partition coefficient (Wildman–Crippen LogP) is 1.89. The van der Waals surface area contributed by atoms with Crippen molar-refractivity contribution in [2.45, 2.75) is 25.3 Å². The van der Waals surface area contributed by atoms with Crippen molar-refractivity contribution in [1.29, 1.82) is 0 Å². The zero-order valence-electron chi connectivity index (χ0n) is 7.86. The van der Waals surface area contributed by atoms with Crippen molar-refractivity contribution >= 4 is 11.7 Å². The van der Waals surface area contributed by atoms with Gasteiger partial charge in [0.2, 0.25) is 0 Å². The first-order valence-electron chi connectivity index (χ1n) is 4.84. The Kier molecular flexibility index (Phi) is 2.39. The van der Waals surface area contributed by atoms with Crippen LogP contribution in [-0.4, -0.2) is 17.1 Å². The van der Waals surface area contributed by atoms with E-state index in [0.717, 1.165) is 18.5 Å². The Balaban J connectivity index is 2.26. The molecule has 2 N–H and O–H groups in total. The Labute approximate surface area is 82.8 Å². The molecular formula is C11H13NO2. The number of aliphatic carboxylic acids is 1. The van der Waals surface area contributed by atoms with E-state index in [9.17, 15) is 4.79 Å². The topological polar surface area (TPSA) is 49.3 Å². The Morgan fingerprint density at radius 1 is 1.43 bits per heavy atom. The number of benzene rings is 1. The molecule has 0 spiro atoms. The van der Waals surface area contributed by atoms with E-state index in [1.54, 1.807) is 0 Å². The second kappa shape index (κ2) is 3.70. The third-order valence-electron chi connectivity index (χ3n) is 2.58. The highest BCUT2D eigenvalue weighted by atomic mass is 16.4. The summed E-state index contributed by atoms with van der Waals surface area (Å²) in [5.74, 6) is -0.762. The summed E-state index contributed by atoms with van der Waals surface area (Å²) in [5, 5.41) is 12.0. The van der Waals surface area contributed by atoms with Gasteiger partial charge in [-0.2, -0.15) is 0 Å². The lowest BCUT2D eigenvalue weighted by atomic mass is 10.1. The van der Waals surface area contributed by atoms with E-state index in [1.807, 2.05) is 24.3 Å². The van der Waals surface area contributed by atoms with E-state index in [2.05, 4.69) is 5.32 Å². The second-order valence-electron chi connectivity index (χ2n) is 3.58. The van der Waals surface area contributed by atoms with Crippen molar-refractivity contribution in [3.05, 3.63) is 29.8 Å². The van der Waals surface area contributed by atoms with Crippen LogP contribution in [0.25, 0.3) is 0 Å². The molecule has 3 heteroatoms. The molecule has 0 saturated heterocycles. The van der Waals surface area contributed by atoms with Crippen LogP contribution >= 0.6 is 0 Å². The van der Waals surface area contributed by atoms with Crippen LogP contribution in [0.5, 0.6) is 0 Å². The van der Waals surface area contributed by atoms with Gasteiger partial charge >= 0.3 is 5.97 Å². The summed E-state index contributed by atoms with van der Waals surface area (Å²) in [6.07, 6.45) is 2.60. The zero-order valence-corrected chi connectivity index (χ0v) is 7.86. The highest BCUT2D eigenvalue weighted by molar-refractivity contribution is 5.78. The van der Waals surface area contributed by atoms with Crippen LogP contribution in [0.3, 0.4) is 0 Å². The number of nitrogens with one attached hydrogen (secondary N) is 1. The average Bonchev–Trinajstić information content (AvgIpc) is 2.39. The summed E-state index contributed by atoms with van der Waals surface area (Å²) in [6, 6.07) is 7.47. The van der Waals surface area contributed by atoms with Gasteiger partial charge in [-0.3, -0.25) is 0 Å². The fraction of sp³-hybridized carbons (Fsp3) is 0.364. The fourth-order valence-electron chi connectivity index (χ4n) is 1.82. The van der Waals surface area contributed by atoms with Gasteiger partial charge in [-0.1, -0.05) is 18.2 Å². The molecule has 1 aliphatic heterocycles. The van der Waals surface area contributed by atoms with Crippen LogP contribution in [0.4, 0.5) is 5.69 Å². The highest BCUT2D eigenvalue weighted by Crippen LogP contribution is 2.23. The van der Waals surface area contributed by atoms with Crippen molar-refractivity contribution in [2.75, 3.05) is 5.32 Å². The lowest BCUT2D eigenvalue weighted by Crippen LogP contribution is -2.28. The molecule has 0 radical (unpaired) electrons. The van der Waals surface area contributed by atoms with Gasteiger partial charge in [0.1, 0.15) is 6.04 Å². The van der Waals surface area contributed by atoms with E-state index < -0.39 is 12.0 Å². The van der Waals surface area contributed by atoms with Gasteiger partial charge < -0.3 is 10.4 Å². The van der Waals surface area contributed by atoms with E-state index in [0.29, 0.717) is 6.42 Å². The van der Waals surface area contributed by atoms with Gasteiger partial charge in [0.25, 0.3) is 0 Å². The van der Waals surface area contributed by atoms with Gasteiger partial charge in [-0.15, -0.1) is 0 Å². The van der Waals surface area contributed by atoms with Gasteiger partial charge in [0.05, 0.1) is 0 Å². The minimum absolute atomic E-state index is 0.432. The molecule has 0 fully saturated rings. The maximum atomic E-state index is 10.9. The molecule has 1 aliphatic rings. The van der Waals surface area contributed by atoms with Crippen molar-refractivity contribution in [1.82, 2.24) is 0 Å².